The van der Waals surface area contributed by atoms with Crippen molar-refractivity contribution >= 4 is 17.9 Å². The molecule has 0 aromatic carbocycles. The van der Waals surface area contributed by atoms with E-state index in [1.807, 2.05) is 0 Å². The van der Waals surface area contributed by atoms with E-state index in [-0.39, 0.29) is 12.4 Å². The number of methoxy groups -OCH3 is 1. The van der Waals surface area contributed by atoms with Crippen LogP contribution in [0.15, 0.2) is 18.3 Å². The number of ether oxygens (including phenoxy) is 2. The molecule has 0 saturated carbocycles. The molecule has 130 valence electrons. The predicted molar refractivity (Wildman–Crippen MR) is 88.3 cm³/mol. The minimum Gasteiger partial charge on any atom is -0.469 e. The van der Waals surface area contributed by atoms with Gasteiger partial charge in [0.25, 0.3) is 0 Å². The molecule has 1 aromatic heterocycles. The molecule has 7 nitrogen and oxygen atoms in total. The molecule has 1 unspecified atom stereocenters. The Labute approximate surface area is 142 Å². The largest absolute Gasteiger partial charge is 0.469 e. The van der Waals surface area contributed by atoms with E-state index in [2.05, 4.69) is 21.1 Å². The van der Waals surface area contributed by atoms with Gasteiger partial charge in [-0.05, 0) is 45.7 Å². The van der Waals surface area contributed by atoms with Crippen LogP contribution in [0.25, 0.3) is 0 Å². The average molecular weight is 333 g/mol. The minimum atomic E-state index is -0.869. The standard InChI is InChI=1S/C17H23N3O4/c1-16(2,3)24-15(22)20-13-7-6-12(10-19-13)17(4,11-18)9-8-14(21)23-5/h6-7,10H,8-9H2,1-5H3,(H,19,20,22). The molecule has 0 aliphatic carbocycles. The Balaban J connectivity index is 2.79. The smallest absolute Gasteiger partial charge is 0.413 e. The quantitative estimate of drug-likeness (QED) is 0.831. The summed E-state index contributed by atoms with van der Waals surface area (Å²) < 4.78 is 9.75. The number of hydrogen-bond donors (Lipinski definition) is 1. The third kappa shape index (κ3) is 5.88. The van der Waals surface area contributed by atoms with Crippen molar-refractivity contribution in [1.29, 1.82) is 5.26 Å². The molecular formula is C17H23N3O4. The number of rotatable bonds is 5. The van der Waals surface area contributed by atoms with Gasteiger partial charge in [-0.3, -0.25) is 10.1 Å². The van der Waals surface area contributed by atoms with E-state index in [1.165, 1.54) is 13.3 Å². The van der Waals surface area contributed by atoms with Gasteiger partial charge in [0.1, 0.15) is 11.4 Å². The first-order chi connectivity index (χ1) is 11.1. The summed E-state index contributed by atoms with van der Waals surface area (Å²) in [5.41, 5.74) is -0.813. The molecule has 1 rings (SSSR count). The molecule has 0 spiro atoms. The average Bonchev–Trinajstić information content (AvgIpc) is 2.51. The first kappa shape index (κ1) is 19.4. The van der Waals surface area contributed by atoms with Crippen LogP contribution >= 0.6 is 0 Å². The molecule has 0 saturated heterocycles. The van der Waals surface area contributed by atoms with E-state index in [0.29, 0.717) is 17.8 Å². The molecule has 0 bridgehead atoms. The zero-order valence-corrected chi connectivity index (χ0v) is 14.7. The molecule has 0 aliphatic rings. The van der Waals surface area contributed by atoms with Crippen LogP contribution in [-0.4, -0.2) is 29.8 Å². The van der Waals surface area contributed by atoms with Gasteiger partial charge in [-0.1, -0.05) is 6.07 Å². The predicted octanol–water partition coefficient (Wildman–Crippen LogP) is 3.16. The topological polar surface area (TPSA) is 101 Å². The molecule has 1 atom stereocenters. The van der Waals surface area contributed by atoms with Crippen molar-refractivity contribution in [2.45, 2.75) is 51.6 Å². The first-order valence-corrected chi connectivity index (χ1v) is 7.54. The maximum Gasteiger partial charge on any atom is 0.413 e. The Kier molecular flexibility index (Phi) is 6.29. The second-order valence-corrected chi connectivity index (χ2v) is 6.58. The van der Waals surface area contributed by atoms with Crippen molar-refractivity contribution < 1.29 is 19.1 Å². The van der Waals surface area contributed by atoms with Gasteiger partial charge >= 0.3 is 12.1 Å². The SMILES string of the molecule is COC(=O)CCC(C)(C#N)c1ccc(NC(=O)OC(C)(C)C)nc1. The highest BCUT2D eigenvalue weighted by atomic mass is 16.6. The molecule has 1 aromatic rings. The molecule has 1 amide bonds. The molecule has 1 heterocycles. The summed E-state index contributed by atoms with van der Waals surface area (Å²) >= 11 is 0. The zero-order chi connectivity index (χ0) is 18.4. The number of nitriles is 1. The Morgan fingerprint density at radius 2 is 1.96 bits per heavy atom. The number of esters is 1. The van der Waals surface area contributed by atoms with Crippen LogP contribution in [0.2, 0.25) is 0 Å². The number of nitrogens with one attached hydrogen (secondary N) is 1. The van der Waals surface area contributed by atoms with Crippen molar-refractivity contribution in [3.8, 4) is 6.07 Å². The second kappa shape index (κ2) is 7.77. The van der Waals surface area contributed by atoms with Crippen LogP contribution in [-0.2, 0) is 19.7 Å². The maximum atomic E-state index is 11.7. The fraction of sp³-hybridized carbons (Fsp3) is 0.529. The number of pyridine rings is 1. The van der Waals surface area contributed by atoms with Crippen LogP contribution in [0.3, 0.4) is 0 Å². The molecule has 24 heavy (non-hydrogen) atoms. The van der Waals surface area contributed by atoms with Gasteiger partial charge in [-0.15, -0.1) is 0 Å². The van der Waals surface area contributed by atoms with Gasteiger partial charge in [0.2, 0.25) is 0 Å². The fourth-order valence-electron chi connectivity index (χ4n) is 1.92. The van der Waals surface area contributed by atoms with Gasteiger partial charge in [0, 0.05) is 12.6 Å². The summed E-state index contributed by atoms with van der Waals surface area (Å²) in [6, 6.07) is 5.49. The Bertz CT molecular complexity index is 629. The molecule has 7 heteroatoms. The molecule has 0 radical (unpaired) electrons. The van der Waals surface area contributed by atoms with Crippen molar-refractivity contribution in [2.75, 3.05) is 12.4 Å². The molecule has 0 aliphatic heterocycles. The zero-order valence-electron chi connectivity index (χ0n) is 14.7. The Morgan fingerprint density at radius 3 is 2.42 bits per heavy atom. The number of hydrogen-bond acceptors (Lipinski definition) is 6. The molecular weight excluding hydrogens is 310 g/mol. The summed E-state index contributed by atoms with van der Waals surface area (Å²) in [6.45, 7) is 7.03. The number of carbonyl (C=O) groups is 2. The van der Waals surface area contributed by atoms with Gasteiger partial charge in [-0.2, -0.15) is 5.26 Å². The summed E-state index contributed by atoms with van der Waals surface area (Å²) in [5, 5.41) is 12.0. The summed E-state index contributed by atoms with van der Waals surface area (Å²) in [6.07, 6.45) is 1.36. The number of aromatic nitrogens is 1. The lowest BCUT2D eigenvalue weighted by Gasteiger charge is -2.22. The second-order valence-electron chi connectivity index (χ2n) is 6.58. The Hall–Kier alpha value is -2.62. The van der Waals surface area contributed by atoms with E-state index in [4.69, 9.17) is 4.74 Å². The van der Waals surface area contributed by atoms with Gasteiger partial charge in [-0.25, -0.2) is 9.78 Å². The van der Waals surface area contributed by atoms with Crippen LogP contribution in [0.5, 0.6) is 0 Å². The highest BCUT2D eigenvalue weighted by Gasteiger charge is 2.28. The van der Waals surface area contributed by atoms with Crippen LogP contribution in [0.4, 0.5) is 10.6 Å². The van der Waals surface area contributed by atoms with Gasteiger partial charge < -0.3 is 9.47 Å². The first-order valence-electron chi connectivity index (χ1n) is 7.54. The lowest BCUT2D eigenvalue weighted by Crippen LogP contribution is -2.27. The summed E-state index contributed by atoms with van der Waals surface area (Å²) in [4.78, 5) is 27.1. The maximum absolute atomic E-state index is 11.7. The number of amides is 1. The normalized spacial score (nSPS) is 13.3. The summed E-state index contributed by atoms with van der Waals surface area (Å²) in [7, 11) is 1.31. The highest BCUT2D eigenvalue weighted by molar-refractivity contribution is 5.83. The van der Waals surface area contributed by atoms with Gasteiger partial charge in [0.15, 0.2) is 0 Å². The minimum absolute atomic E-state index is 0.137. The molecule has 1 N–H and O–H groups in total. The van der Waals surface area contributed by atoms with E-state index >= 15 is 0 Å². The fourth-order valence-corrected chi connectivity index (χ4v) is 1.92. The van der Waals surface area contributed by atoms with E-state index in [0.717, 1.165) is 0 Å². The monoisotopic (exact) mass is 333 g/mol. The third-order valence-electron chi connectivity index (χ3n) is 3.33. The van der Waals surface area contributed by atoms with Crippen LogP contribution in [0.1, 0.15) is 46.1 Å². The summed E-state index contributed by atoms with van der Waals surface area (Å²) in [5.74, 6) is -0.0473. The lowest BCUT2D eigenvalue weighted by molar-refractivity contribution is -0.140. The lowest BCUT2D eigenvalue weighted by atomic mass is 9.81. The van der Waals surface area contributed by atoms with E-state index in [9.17, 15) is 14.9 Å². The Morgan fingerprint density at radius 1 is 1.29 bits per heavy atom. The number of anilines is 1. The number of carbonyl (C=O) groups excluding carboxylic acids is 2. The number of nitrogens with zero attached hydrogens (tertiary/aromatic N) is 2. The van der Waals surface area contributed by atoms with Crippen molar-refractivity contribution in [3.05, 3.63) is 23.9 Å². The van der Waals surface area contributed by atoms with Crippen LogP contribution in [0, 0.1) is 11.3 Å². The highest BCUT2D eigenvalue weighted by Crippen LogP contribution is 2.28. The van der Waals surface area contributed by atoms with Crippen molar-refractivity contribution in [3.63, 3.8) is 0 Å². The third-order valence-corrected chi connectivity index (χ3v) is 3.33. The van der Waals surface area contributed by atoms with Crippen molar-refractivity contribution in [2.24, 2.45) is 0 Å². The van der Waals surface area contributed by atoms with E-state index in [1.54, 1.807) is 39.8 Å². The van der Waals surface area contributed by atoms with Crippen LogP contribution < -0.4 is 5.32 Å². The van der Waals surface area contributed by atoms with E-state index < -0.39 is 17.1 Å². The van der Waals surface area contributed by atoms with Crippen molar-refractivity contribution in [1.82, 2.24) is 4.98 Å². The van der Waals surface area contributed by atoms with Gasteiger partial charge in [0.05, 0.1) is 18.6 Å². The molecule has 0 fully saturated rings.